The lowest BCUT2D eigenvalue weighted by atomic mass is 10.2. The van der Waals surface area contributed by atoms with E-state index in [2.05, 4.69) is 12.2 Å². The molecule has 1 N–H and O–H groups in total. The first-order valence-corrected chi connectivity index (χ1v) is 7.30. The molecule has 0 saturated carbocycles. The minimum atomic E-state index is -0.291. The topological polar surface area (TPSA) is 38.3 Å². The molecule has 0 bridgehead atoms. The lowest BCUT2D eigenvalue weighted by Crippen LogP contribution is -2.20. The van der Waals surface area contributed by atoms with E-state index in [1.54, 1.807) is 18.2 Å². The summed E-state index contributed by atoms with van der Waals surface area (Å²) < 4.78 is 5.46. The third-order valence-corrected chi connectivity index (χ3v) is 3.44. The highest BCUT2D eigenvalue weighted by Crippen LogP contribution is 2.25. The van der Waals surface area contributed by atoms with Crippen molar-refractivity contribution in [3.05, 3.63) is 58.1 Å². The van der Waals surface area contributed by atoms with Crippen LogP contribution in [0.5, 0.6) is 5.75 Å². The second-order valence-electron chi connectivity index (χ2n) is 4.46. The first-order valence-electron chi connectivity index (χ1n) is 6.55. The molecule has 0 radical (unpaired) electrons. The number of carbonyl (C=O) groups excluding carboxylic acids is 1. The Morgan fingerprint density at radius 1 is 1.19 bits per heavy atom. The van der Waals surface area contributed by atoms with Crippen LogP contribution in [0.3, 0.4) is 0 Å². The quantitative estimate of drug-likeness (QED) is 0.875. The van der Waals surface area contributed by atoms with Crippen LogP contribution < -0.4 is 10.1 Å². The van der Waals surface area contributed by atoms with Crippen LogP contribution >= 0.6 is 23.2 Å². The van der Waals surface area contributed by atoms with E-state index >= 15 is 0 Å². The molecule has 0 aliphatic rings. The van der Waals surface area contributed by atoms with Gasteiger partial charge in [-0.05, 0) is 42.3 Å². The van der Waals surface area contributed by atoms with Crippen molar-refractivity contribution in [2.45, 2.75) is 13.3 Å². The van der Waals surface area contributed by atoms with Gasteiger partial charge in [-0.2, -0.15) is 0 Å². The molecule has 0 aromatic heterocycles. The SMILES string of the molecule is CCc1cccc(OCC(=O)Nc2cc(Cl)ccc2Cl)c1. The molecule has 3 nitrogen and oxygen atoms in total. The Balaban J connectivity index is 1.94. The van der Waals surface area contributed by atoms with Gasteiger partial charge in [-0.25, -0.2) is 0 Å². The van der Waals surface area contributed by atoms with Crippen LogP contribution in [0.25, 0.3) is 0 Å². The molecule has 0 spiro atoms. The summed E-state index contributed by atoms with van der Waals surface area (Å²) in [6.45, 7) is 1.98. The summed E-state index contributed by atoms with van der Waals surface area (Å²) >= 11 is 11.8. The fourth-order valence-electron chi connectivity index (χ4n) is 1.78. The van der Waals surface area contributed by atoms with Crippen molar-refractivity contribution in [3.63, 3.8) is 0 Å². The third kappa shape index (κ3) is 4.66. The minimum Gasteiger partial charge on any atom is -0.484 e. The number of nitrogens with one attached hydrogen (secondary N) is 1. The van der Waals surface area contributed by atoms with Crippen molar-refractivity contribution in [1.82, 2.24) is 0 Å². The van der Waals surface area contributed by atoms with E-state index in [1.165, 1.54) is 0 Å². The highest BCUT2D eigenvalue weighted by molar-refractivity contribution is 6.35. The first kappa shape index (κ1) is 15.7. The zero-order chi connectivity index (χ0) is 15.2. The highest BCUT2D eigenvalue weighted by Gasteiger charge is 2.07. The molecule has 0 unspecified atom stereocenters. The van der Waals surface area contributed by atoms with Gasteiger partial charge in [0.15, 0.2) is 6.61 Å². The van der Waals surface area contributed by atoms with Crippen LogP contribution in [0.2, 0.25) is 10.0 Å². The lowest BCUT2D eigenvalue weighted by molar-refractivity contribution is -0.118. The number of hydrogen-bond acceptors (Lipinski definition) is 2. The molecular formula is C16H15Cl2NO2. The molecule has 0 heterocycles. The normalized spacial score (nSPS) is 10.2. The van der Waals surface area contributed by atoms with E-state index in [9.17, 15) is 4.79 Å². The smallest absolute Gasteiger partial charge is 0.262 e. The van der Waals surface area contributed by atoms with Crippen LogP contribution in [-0.4, -0.2) is 12.5 Å². The highest BCUT2D eigenvalue weighted by atomic mass is 35.5. The van der Waals surface area contributed by atoms with E-state index < -0.39 is 0 Å². The number of halogens is 2. The second kappa shape index (κ2) is 7.34. The number of aryl methyl sites for hydroxylation is 1. The molecule has 0 saturated heterocycles. The number of carbonyl (C=O) groups is 1. The molecule has 0 aliphatic carbocycles. The molecular weight excluding hydrogens is 309 g/mol. The Kier molecular flexibility index (Phi) is 5.48. The van der Waals surface area contributed by atoms with Crippen molar-refractivity contribution in [2.24, 2.45) is 0 Å². The molecule has 0 atom stereocenters. The number of rotatable bonds is 5. The van der Waals surface area contributed by atoms with Gasteiger partial charge in [-0.1, -0.05) is 42.3 Å². The Bertz CT molecular complexity index is 644. The molecule has 2 aromatic rings. The van der Waals surface area contributed by atoms with Crippen molar-refractivity contribution < 1.29 is 9.53 Å². The average molecular weight is 324 g/mol. The predicted octanol–water partition coefficient (Wildman–Crippen LogP) is 4.57. The van der Waals surface area contributed by atoms with E-state index in [4.69, 9.17) is 27.9 Å². The molecule has 5 heteroatoms. The monoisotopic (exact) mass is 323 g/mol. The largest absolute Gasteiger partial charge is 0.484 e. The summed E-state index contributed by atoms with van der Waals surface area (Å²) in [7, 11) is 0. The van der Waals surface area contributed by atoms with Gasteiger partial charge < -0.3 is 10.1 Å². The van der Waals surface area contributed by atoms with Crippen LogP contribution in [-0.2, 0) is 11.2 Å². The van der Waals surface area contributed by atoms with Gasteiger partial charge in [-0.15, -0.1) is 0 Å². The maximum Gasteiger partial charge on any atom is 0.262 e. The Hall–Kier alpha value is -1.71. The average Bonchev–Trinajstić information content (AvgIpc) is 2.49. The summed E-state index contributed by atoms with van der Waals surface area (Å²) in [6.07, 6.45) is 0.918. The number of ether oxygens (including phenoxy) is 1. The number of anilines is 1. The zero-order valence-electron chi connectivity index (χ0n) is 11.5. The van der Waals surface area contributed by atoms with Gasteiger partial charge in [0, 0.05) is 5.02 Å². The van der Waals surface area contributed by atoms with Crippen molar-refractivity contribution in [2.75, 3.05) is 11.9 Å². The van der Waals surface area contributed by atoms with Gasteiger partial charge in [-0.3, -0.25) is 4.79 Å². The van der Waals surface area contributed by atoms with Crippen molar-refractivity contribution in [3.8, 4) is 5.75 Å². The van der Waals surface area contributed by atoms with Gasteiger partial charge in [0.25, 0.3) is 5.91 Å². The van der Waals surface area contributed by atoms with Crippen molar-refractivity contribution in [1.29, 1.82) is 0 Å². The fraction of sp³-hybridized carbons (Fsp3) is 0.188. The van der Waals surface area contributed by atoms with Crippen LogP contribution in [0.1, 0.15) is 12.5 Å². The Labute approximate surface area is 133 Å². The Morgan fingerprint density at radius 2 is 2.00 bits per heavy atom. The van der Waals surface area contributed by atoms with E-state index in [0.29, 0.717) is 21.5 Å². The van der Waals surface area contributed by atoms with Crippen LogP contribution in [0.4, 0.5) is 5.69 Å². The van der Waals surface area contributed by atoms with Crippen molar-refractivity contribution >= 4 is 34.8 Å². The molecule has 2 rings (SSSR count). The molecule has 110 valence electrons. The zero-order valence-corrected chi connectivity index (χ0v) is 13.0. The second-order valence-corrected chi connectivity index (χ2v) is 5.31. The maximum absolute atomic E-state index is 11.9. The van der Waals surface area contributed by atoms with E-state index in [-0.39, 0.29) is 12.5 Å². The molecule has 2 aromatic carbocycles. The predicted molar refractivity (Wildman–Crippen MR) is 86.4 cm³/mol. The molecule has 0 aliphatic heterocycles. The molecule has 21 heavy (non-hydrogen) atoms. The van der Waals surface area contributed by atoms with Crippen LogP contribution in [0, 0.1) is 0 Å². The lowest BCUT2D eigenvalue weighted by Gasteiger charge is -2.09. The maximum atomic E-state index is 11.9. The summed E-state index contributed by atoms with van der Waals surface area (Å²) in [5.41, 5.74) is 1.63. The van der Waals surface area contributed by atoms with Crippen LogP contribution in [0.15, 0.2) is 42.5 Å². The summed E-state index contributed by atoms with van der Waals surface area (Å²) in [6, 6.07) is 12.5. The van der Waals surface area contributed by atoms with E-state index in [0.717, 1.165) is 12.0 Å². The van der Waals surface area contributed by atoms with Gasteiger partial charge in [0.05, 0.1) is 10.7 Å². The third-order valence-electron chi connectivity index (χ3n) is 2.88. The number of amides is 1. The summed E-state index contributed by atoms with van der Waals surface area (Å²) in [5.74, 6) is 0.378. The Morgan fingerprint density at radius 3 is 2.76 bits per heavy atom. The molecule has 1 amide bonds. The van der Waals surface area contributed by atoms with Gasteiger partial charge in [0.1, 0.15) is 5.75 Å². The first-order chi connectivity index (χ1) is 10.1. The standard InChI is InChI=1S/C16H15Cl2NO2/c1-2-11-4-3-5-13(8-11)21-10-16(20)19-15-9-12(17)6-7-14(15)18/h3-9H,2,10H2,1H3,(H,19,20). The molecule has 0 fully saturated rings. The van der Waals surface area contributed by atoms with E-state index in [1.807, 2.05) is 24.3 Å². The minimum absolute atomic E-state index is 0.0873. The van der Waals surface area contributed by atoms with Gasteiger partial charge >= 0.3 is 0 Å². The van der Waals surface area contributed by atoms with Gasteiger partial charge in [0.2, 0.25) is 0 Å². The summed E-state index contributed by atoms with van der Waals surface area (Å²) in [5, 5.41) is 3.61. The summed E-state index contributed by atoms with van der Waals surface area (Å²) in [4.78, 5) is 11.9. The fourth-order valence-corrected chi connectivity index (χ4v) is 2.12. The number of hydrogen-bond donors (Lipinski definition) is 1. The number of benzene rings is 2.